The summed E-state index contributed by atoms with van der Waals surface area (Å²) in [6, 6.07) is 0.448. The van der Waals surface area contributed by atoms with E-state index < -0.39 is 0 Å². The molecule has 0 aliphatic carbocycles. The lowest BCUT2D eigenvalue weighted by molar-refractivity contribution is -0.00251. The molecule has 0 aliphatic rings. The number of hydrogen-bond donors (Lipinski definition) is 1. The van der Waals surface area contributed by atoms with Gasteiger partial charge in [-0.25, -0.2) is 0 Å². The summed E-state index contributed by atoms with van der Waals surface area (Å²) in [7, 11) is 1.73. The van der Waals surface area contributed by atoms with E-state index in [4.69, 9.17) is 9.47 Å². The van der Waals surface area contributed by atoms with Crippen LogP contribution in [-0.2, 0) is 9.47 Å². The van der Waals surface area contributed by atoms with Gasteiger partial charge >= 0.3 is 0 Å². The summed E-state index contributed by atoms with van der Waals surface area (Å²) in [5.74, 6) is 0. The van der Waals surface area contributed by atoms with Crippen molar-refractivity contribution in [2.24, 2.45) is 0 Å². The average Bonchev–Trinajstić information content (AvgIpc) is 2.08. The first kappa shape index (κ1) is 13.9. The fraction of sp³-hybridized carbons (Fsp3) is 1.00. The van der Waals surface area contributed by atoms with Crippen LogP contribution in [0.4, 0.5) is 0 Å². The molecule has 0 amide bonds. The van der Waals surface area contributed by atoms with Crippen molar-refractivity contribution in [3.63, 3.8) is 0 Å². The van der Waals surface area contributed by atoms with Crippen LogP contribution in [0.15, 0.2) is 0 Å². The summed E-state index contributed by atoms with van der Waals surface area (Å²) in [6.45, 7) is 10.8. The highest BCUT2D eigenvalue weighted by molar-refractivity contribution is 4.64. The monoisotopic (exact) mass is 203 g/mol. The van der Waals surface area contributed by atoms with E-state index in [0.29, 0.717) is 6.04 Å². The van der Waals surface area contributed by atoms with E-state index in [2.05, 4.69) is 33.0 Å². The van der Waals surface area contributed by atoms with Crippen LogP contribution < -0.4 is 5.32 Å². The molecule has 0 bridgehead atoms. The van der Waals surface area contributed by atoms with Crippen LogP contribution in [0, 0.1) is 0 Å². The lowest BCUT2D eigenvalue weighted by Crippen LogP contribution is -2.36. The molecule has 1 N–H and O–H groups in total. The highest BCUT2D eigenvalue weighted by Crippen LogP contribution is 2.05. The average molecular weight is 203 g/mol. The molecule has 3 nitrogen and oxygen atoms in total. The molecule has 0 aromatic heterocycles. The Balaban J connectivity index is 3.42. The fourth-order valence-electron chi connectivity index (χ4n) is 1.14. The van der Waals surface area contributed by atoms with Crippen molar-refractivity contribution < 1.29 is 9.47 Å². The minimum Gasteiger partial charge on any atom is -0.383 e. The van der Waals surface area contributed by atoms with Gasteiger partial charge in [-0.2, -0.15) is 0 Å². The van der Waals surface area contributed by atoms with Gasteiger partial charge in [-0.1, -0.05) is 6.92 Å². The van der Waals surface area contributed by atoms with Crippen LogP contribution in [0.5, 0.6) is 0 Å². The van der Waals surface area contributed by atoms with E-state index in [-0.39, 0.29) is 5.60 Å². The Morgan fingerprint density at radius 1 is 1.29 bits per heavy atom. The van der Waals surface area contributed by atoms with Crippen molar-refractivity contribution in [1.82, 2.24) is 5.32 Å². The van der Waals surface area contributed by atoms with Crippen molar-refractivity contribution in [1.29, 1.82) is 0 Å². The number of methoxy groups -OCH3 is 1. The third-order valence-electron chi connectivity index (χ3n) is 1.93. The molecule has 1 atom stereocenters. The first-order chi connectivity index (χ1) is 6.49. The first-order valence-corrected chi connectivity index (χ1v) is 5.36. The van der Waals surface area contributed by atoms with Gasteiger partial charge in [0.05, 0.1) is 18.8 Å². The quantitative estimate of drug-likeness (QED) is 0.640. The van der Waals surface area contributed by atoms with E-state index in [9.17, 15) is 0 Å². The van der Waals surface area contributed by atoms with E-state index >= 15 is 0 Å². The van der Waals surface area contributed by atoms with Gasteiger partial charge in [0.2, 0.25) is 0 Å². The van der Waals surface area contributed by atoms with Gasteiger partial charge in [-0.3, -0.25) is 0 Å². The summed E-state index contributed by atoms with van der Waals surface area (Å²) < 4.78 is 10.7. The second-order valence-corrected chi connectivity index (χ2v) is 4.48. The van der Waals surface area contributed by atoms with Gasteiger partial charge in [-0.15, -0.1) is 0 Å². The van der Waals surface area contributed by atoms with Gasteiger partial charge < -0.3 is 14.8 Å². The highest BCUT2D eigenvalue weighted by atomic mass is 16.5. The zero-order valence-electron chi connectivity index (χ0n) is 10.2. The van der Waals surface area contributed by atoms with Crippen molar-refractivity contribution >= 4 is 0 Å². The lowest BCUT2D eigenvalue weighted by Gasteiger charge is -2.21. The Morgan fingerprint density at radius 3 is 2.36 bits per heavy atom. The predicted octanol–water partition coefficient (Wildman–Crippen LogP) is 1.82. The second-order valence-electron chi connectivity index (χ2n) is 4.48. The summed E-state index contributed by atoms with van der Waals surface area (Å²) in [5, 5.41) is 3.39. The van der Waals surface area contributed by atoms with Crippen LogP contribution >= 0.6 is 0 Å². The van der Waals surface area contributed by atoms with Gasteiger partial charge in [-0.05, 0) is 27.2 Å². The molecule has 0 aromatic carbocycles. The smallest absolute Gasteiger partial charge is 0.0615 e. The molecule has 0 fully saturated rings. The second kappa shape index (κ2) is 7.21. The van der Waals surface area contributed by atoms with Crippen molar-refractivity contribution in [2.75, 3.05) is 26.9 Å². The molecule has 0 spiro atoms. The maximum Gasteiger partial charge on any atom is 0.0615 e. The maximum atomic E-state index is 5.60. The van der Waals surface area contributed by atoms with Crippen LogP contribution in [0.3, 0.4) is 0 Å². The molecule has 14 heavy (non-hydrogen) atoms. The first-order valence-electron chi connectivity index (χ1n) is 5.36. The number of hydrogen-bond acceptors (Lipinski definition) is 3. The molecule has 0 saturated carbocycles. The van der Waals surface area contributed by atoms with E-state index in [1.165, 1.54) is 0 Å². The Labute approximate surface area is 88.2 Å². The Kier molecular flexibility index (Phi) is 7.15. The van der Waals surface area contributed by atoms with Crippen LogP contribution in [-0.4, -0.2) is 38.5 Å². The maximum absolute atomic E-state index is 5.60. The standard InChI is InChI=1S/C11H25NO2/c1-6-10(9-13-5)12-7-8-14-11(2,3)4/h10,12H,6-9H2,1-5H3. The van der Waals surface area contributed by atoms with Gasteiger partial charge in [0.25, 0.3) is 0 Å². The molecule has 0 heterocycles. The zero-order chi connectivity index (χ0) is 11.0. The normalized spacial score (nSPS) is 14.4. The SMILES string of the molecule is CCC(COC)NCCOC(C)(C)C. The molecule has 0 saturated heterocycles. The Bertz CT molecular complexity index is 132. The van der Waals surface area contributed by atoms with E-state index in [1.807, 2.05) is 0 Å². The lowest BCUT2D eigenvalue weighted by atomic mass is 10.2. The molecule has 0 aromatic rings. The van der Waals surface area contributed by atoms with Gasteiger partial charge in [0, 0.05) is 19.7 Å². The zero-order valence-corrected chi connectivity index (χ0v) is 10.2. The number of ether oxygens (including phenoxy) is 2. The molecular weight excluding hydrogens is 178 g/mol. The molecule has 86 valence electrons. The van der Waals surface area contributed by atoms with Crippen molar-refractivity contribution in [2.45, 2.75) is 45.8 Å². The van der Waals surface area contributed by atoms with Gasteiger partial charge in [0.15, 0.2) is 0 Å². The van der Waals surface area contributed by atoms with E-state index in [1.54, 1.807) is 7.11 Å². The number of nitrogens with one attached hydrogen (secondary N) is 1. The van der Waals surface area contributed by atoms with E-state index in [0.717, 1.165) is 26.2 Å². The third kappa shape index (κ3) is 8.48. The van der Waals surface area contributed by atoms with Crippen molar-refractivity contribution in [3.8, 4) is 0 Å². The van der Waals surface area contributed by atoms with Crippen LogP contribution in [0.2, 0.25) is 0 Å². The highest BCUT2D eigenvalue weighted by Gasteiger charge is 2.10. The summed E-state index contributed by atoms with van der Waals surface area (Å²) >= 11 is 0. The summed E-state index contributed by atoms with van der Waals surface area (Å²) in [4.78, 5) is 0. The molecular formula is C11H25NO2. The molecule has 0 aliphatic heterocycles. The molecule has 1 unspecified atom stereocenters. The van der Waals surface area contributed by atoms with Gasteiger partial charge in [0.1, 0.15) is 0 Å². The summed E-state index contributed by atoms with van der Waals surface area (Å²) in [5.41, 5.74) is -0.0371. The molecule has 0 rings (SSSR count). The summed E-state index contributed by atoms with van der Waals surface area (Å²) in [6.07, 6.45) is 1.09. The topological polar surface area (TPSA) is 30.5 Å². The molecule has 3 heteroatoms. The Morgan fingerprint density at radius 2 is 1.93 bits per heavy atom. The molecule has 0 radical (unpaired) electrons. The Hall–Kier alpha value is -0.120. The van der Waals surface area contributed by atoms with Crippen LogP contribution in [0.25, 0.3) is 0 Å². The number of rotatable bonds is 7. The minimum atomic E-state index is -0.0371. The van der Waals surface area contributed by atoms with Crippen LogP contribution in [0.1, 0.15) is 34.1 Å². The third-order valence-corrected chi connectivity index (χ3v) is 1.93. The largest absolute Gasteiger partial charge is 0.383 e. The predicted molar refractivity (Wildman–Crippen MR) is 59.7 cm³/mol. The minimum absolute atomic E-state index is 0.0371. The van der Waals surface area contributed by atoms with Crippen molar-refractivity contribution in [3.05, 3.63) is 0 Å². The fourth-order valence-corrected chi connectivity index (χ4v) is 1.14.